The molecule has 0 bridgehead atoms. The van der Waals surface area contributed by atoms with Gasteiger partial charge in [0.05, 0.1) is 6.54 Å². The molecule has 140 valence electrons. The average Bonchev–Trinajstić information content (AvgIpc) is 2.84. The number of hydrazine groups is 1. The molecule has 1 saturated carbocycles. The SMILES string of the molecule is CCN(CC(=O)NN1C(=O)NC2(CCCCC2)C1=O)c1cccc(C)c1. The second-order valence-electron chi connectivity index (χ2n) is 7.10. The third kappa shape index (κ3) is 3.52. The van der Waals surface area contributed by atoms with Crippen LogP contribution in [0, 0.1) is 6.92 Å². The number of rotatable bonds is 5. The largest absolute Gasteiger partial charge is 0.362 e. The van der Waals surface area contributed by atoms with Gasteiger partial charge in [0.15, 0.2) is 0 Å². The molecule has 2 fully saturated rings. The Morgan fingerprint density at radius 3 is 2.65 bits per heavy atom. The molecule has 3 rings (SSSR count). The highest BCUT2D eigenvalue weighted by molar-refractivity contribution is 6.08. The fourth-order valence-corrected chi connectivity index (χ4v) is 3.76. The summed E-state index contributed by atoms with van der Waals surface area (Å²) in [4.78, 5) is 39.3. The molecule has 4 amide bonds. The van der Waals surface area contributed by atoms with Crippen LogP contribution in [0.2, 0.25) is 0 Å². The van der Waals surface area contributed by atoms with Crippen molar-refractivity contribution >= 4 is 23.5 Å². The molecule has 2 aliphatic rings. The number of amides is 4. The van der Waals surface area contributed by atoms with Gasteiger partial charge in [-0.15, -0.1) is 0 Å². The number of benzene rings is 1. The number of aryl methyl sites for hydroxylation is 1. The highest BCUT2D eigenvalue weighted by Gasteiger charge is 2.52. The molecular weight excluding hydrogens is 332 g/mol. The Hall–Kier alpha value is -2.57. The van der Waals surface area contributed by atoms with Gasteiger partial charge in [-0.05, 0) is 44.4 Å². The first-order chi connectivity index (χ1) is 12.4. The number of hydrogen-bond donors (Lipinski definition) is 2. The summed E-state index contributed by atoms with van der Waals surface area (Å²) in [7, 11) is 0. The van der Waals surface area contributed by atoms with Gasteiger partial charge in [0.25, 0.3) is 11.8 Å². The zero-order chi connectivity index (χ0) is 18.7. The number of imide groups is 1. The predicted octanol–water partition coefficient (Wildman–Crippen LogP) is 2.11. The molecule has 1 saturated heterocycles. The maximum absolute atomic E-state index is 12.7. The van der Waals surface area contributed by atoms with Gasteiger partial charge in [-0.3, -0.25) is 15.0 Å². The van der Waals surface area contributed by atoms with Crippen molar-refractivity contribution in [2.75, 3.05) is 18.0 Å². The van der Waals surface area contributed by atoms with Crippen LogP contribution in [0.4, 0.5) is 10.5 Å². The lowest BCUT2D eigenvalue weighted by Crippen LogP contribution is -2.52. The Balaban J connectivity index is 1.65. The van der Waals surface area contributed by atoms with Crippen molar-refractivity contribution in [1.29, 1.82) is 0 Å². The molecular formula is C19H26N4O3. The van der Waals surface area contributed by atoms with Crippen LogP contribution in [0.3, 0.4) is 0 Å². The lowest BCUT2D eigenvalue weighted by Gasteiger charge is -2.30. The van der Waals surface area contributed by atoms with Gasteiger partial charge in [-0.1, -0.05) is 31.4 Å². The Labute approximate surface area is 153 Å². The van der Waals surface area contributed by atoms with E-state index in [1.165, 1.54) is 0 Å². The predicted molar refractivity (Wildman–Crippen MR) is 98.4 cm³/mol. The van der Waals surface area contributed by atoms with Crippen LogP contribution in [0.25, 0.3) is 0 Å². The molecule has 0 radical (unpaired) electrons. The van der Waals surface area contributed by atoms with Gasteiger partial charge in [-0.25, -0.2) is 4.79 Å². The summed E-state index contributed by atoms with van der Waals surface area (Å²) in [5.41, 5.74) is 3.70. The summed E-state index contributed by atoms with van der Waals surface area (Å²) >= 11 is 0. The second-order valence-corrected chi connectivity index (χ2v) is 7.10. The van der Waals surface area contributed by atoms with E-state index in [4.69, 9.17) is 0 Å². The number of likely N-dealkylation sites (N-methyl/N-ethyl adjacent to an activating group) is 1. The van der Waals surface area contributed by atoms with E-state index in [1.807, 2.05) is 43.0 Å². The minimum Gasteiger partial charge on any atom is -0.362 e. The summed E-state index contributed by atoms with van der Waals surface area (Å²) in [5, 5.41) is 3.65. The van der Waals surface area contributed by atoms with Crippen LogP contribution in [0.1, 0.15) is 44.6 Å². The zero-order valence-corrected chi connectivity index (χ0v) is 15.4. The Morgan fingerprint density at radius 1 is 1.27 bits per heavy atom. The molecule has 1 aliphatic heterocycles. The summed E-state index contributed by atoms with van der Waals surface area (Å²) in [6.45, 7) is 4.67. The van der Waals surface area contributed by atoms with Crippen LogP contribution < -0.4 is 15.6 Å². The number of urea groups is 1. The fraction of sp³-hybridized carbons (Fsp3) is 0.526. The maximum atomic E-state index is 12.7. The van der Waals surface area contributed by atoms with E-state index in [0.717, 1.165) is 35.5 Å². The van der Waals surface area contributed by atoms with Crippen LogP contribution in [-0.4, -0.2) is 41.5 Å². The highest BCUT2D eigenvalue weighted by Crippen LogP contribution is 2.33. The van der Waals surface area contributed by atoms with E-state index in [9.17, 15) is 14.4 Å². The van der Waals surface area contributed by atoms with Crippen LogP contribution in [0.5, 0.6) is 0 Å². The number of nitrogens with zero attached hydrogens (tertiary/aromatic N) is 2. The molecule has 1 aliphatic carbocycles. The first-order valence-electron chi connectivity index (χ1n) is 9.23. The first-order valence-corrected chi connectivity index (χ1v) is 9.23. The van der Waals surface area contributed by atoms with E-state index < -0.39 is 11.6 Å². The third-order valence-corrected chi connectivity index (χ3v) is 5.19. The molecule has 0 unspecified atom stereocenters. The van der Waals surface area contributed by atoms with Gasteiger partial charge in [-0.2, -0.15) is 5.01 Å². The smallest absolute Gasteiger partial charge is 0.344 e. The van der Waals surface area contributed by atoms with Crippen molar-refractivity contribution in [2.45, 2.75) is 51.5 Å². The van der Waals surface area contributed by atoms with Crippen molar-refractivity contribution < 1.29 is 14.4 Å². The number of nitrogens with one attached hydrogen (secondary N) is 2. The number of carbonyl (C=O) groups excluding carboxylic acids is 3. The van der Waals surface area contributed by atoms with Crippen LogP contribution >= 0.6 is 0 Å². The first kappa shape index (κ1) is 18.2. The topological polar surface area (TPSA) is 81.8 Å². The number of carbonyl (C=O) groups is 3. The standard InChI is InChI=1S/C19H26N4O3/c1-3-22(15-9-7-8-14(2)12-15)13-16(24)21-23-17(25)19(20-18(23)26)10-5-4-6-11-19/h7-9,12H,3-6,10-11,13H2,1-2H3,(H,20,26)(H,21,24). The minimum atomic E-state index is -0.830. The van der Waals surface area contributed by atoms with E-state index >= 15 is 0 Å². The molecule has 0 aromatic heterocycles. The van der Waals surface area contributed by atoms with Crippen molar-refractivity contribution in [1.82, 2.24) is 15.8 Å². The molecule has 1 aromatic rings. The van der Waals surface area contributed by atoms with Gasteiger partial charge in [0.1, 0.15) is 5.54 Å². The Kier molecular flexibility index (Phi) is 5.15. The van der Waals surface area contributed by atoms with Crippen LogP contribution in [-0.2, 0) is 9.59 Å². The molecule has 0 atom stereocenters. The minimum absolute atomic E-state index is 0.0734. The molecule has 2 N–H and O–H groups in total. The Morgan fingerprint density at radius 2 is 2.00 bits per heavy atom. The zero-order valence-electron chi connectivity index (χ0n) is 15.4. The van der Waals surface area contributed by atoms with E-state index in [0.29, 0.717) is 19.4 Å². The quantitative estimate of drug-likeness (QED) is 0.790. The Bertz CT molecular complexity index is 712. The van der Waals surface area contributed by atoms with Gasteiger partial charge < -0.3 is 10.2 Å². The average molecular weight is 358 g/mol. The van der Waals surface area contributed by atoms with Crippen LogP contribution in [0.15, 0.2) is 24.3 Å². The molecule has 1 spiro atoms. The van der Waals surface area contributed by atoms with Crippen molar-refractivity contribution in [3.8, 4) is 0 Å². The molecule has 7 heteroatoms. The van der Waals surface area contributed by atoms with Gasteiger partial charge in [0, 0.05) is 12.2 Å². The molecule has 1 heterocycles. The third-order valence-electron chi connectivity index (χ3n) is 5.19. The second kappa shape index (κ2) is 7.35. The summed E-state index contributed by atoms with van der Waals surface area (Å²) in [6.07, 6.45) is 4.15. The lowest BCUT2D eigenvalue weighted by atomic mass is 9.82. The normalized spacial score (nSPS) is 18.8. The molecule has 26 heavy (non-hydrogen) atoms. The van der Waals surface area contributed by atoms with Gasteiger partial charge >= 0.3 is 6.03 Å². The molecule has 7 nitrogen and oxygen atoms in total. The number of anilines is 1. The van der Waals surface area contributed by atoms with Crippen molar-refractivity contribution in [2.24, 2.45) is 0 Å². The number of hydrogen-bond acceptors (Lipinski definition) is 4. The lowest BCUT2D eigenvalue weighted by molar-refractivity contribution is -0.139. The molecule has 1 aromatic carbocycles. The summed E-state index contributed by atoms with van der Waals surface area (Å²) in [5.74, 6) is -0.723. The van der Waals surface area contributed by atoms with Crippen molar-refractivity contribution in [3.05, 3.63) is 29.8 Å². The fourth-order valence-electron chi connectivity index (χ4n) is 3.76. The monoisotopic (exact) mass is 358 g/mol. The van der Waals surface area contributed by atoms with E-state index in [1.54, 1.807) is 0 Å². The van der Waals surface area contributed by atoms with Gasteiger partial charge in [0.2, 0.25) is 0 Å². The summed E-state index contributed by atoms with van der Waals surface area (Å²) < 4.78 is 0. The highest BCUT2D eigenvalue weighted by atomic mass is 16.2. The summed E-state index contributed by atoms with van der Waals surface area (Å²) in [6, 6.07) is 7.34. The van der Waals surface area contributed by atoms with E-state index in [-0.39, 0.29) is 18.4 Å². The van der Waals surface area contributed by atoms with E-state index in [2.05, 4.69) is 10.7 Å². The van der Waals surface area contributed by atoms with Crippen molar-refractivity contribution in [3.63, 3.8) is 0 Å². The maximum Gasteiger partial charge on any atom is 0.344 e.